The van der Waals surface area contributed by atoms with E-state index < -0.39 is 30.1 Å². The smallest absolute Gasteiger partial charge is 0.405 e. The van der Waals surface area contributed by atoms with Crippen molar-refractivity contribution in [3.8, 4) is 0 Å². The van der Waals surface area contributed by atoms with Gasteiger partial charge in [-0.2, -0.15) is 0 Å². The first kappa shape index (κ1) is 44.5. The zero-order chi connectivity index (χ0) is 33.3. The maximum absolute atomic E-state index is 11.7. The molecule has 0 saturated heterocycles. The summed E-state index contributed by atoms with van der Waals surface area (Å²) in [6.45, 7) is 11.1. The van der Waals surface area contributed by atoms with Gasteiger partial charge in [-0.05, 0) is 38.8 Å². The van der Waals surface area contributed by atoms with E-state index >= 15 is 0 Å². The first-order valence-electron chi connectivity index (χ1n) is 14.5. The third kappa shape index (κ3) is 31.9. The van der Waals surface area contributed by atoms with Gasteiger partial charge in [0.25, 0.3) is 0 Å². The van der Waals surface area contributed by atoms with Crippen LogP contribution in [-0.4, -0.2) is 132 Å². The first-order chi connectivity index (χ1) is 20.6. The molecule has 0 fully saturated rings. The Morgan fingerprint density at radius 3 is 1.93 bits per heavy atom. The molecule has 0 bridgehead atoms. The van der Waals surface area contributed by atoms with Crippen LogP contribution < -0.4 is 27.0 Å². The molecule has 0 aromatic heterocycles. The van der Waals surface area contributed by atoms with E-state index in [1.165, 1.54) is 0 Å². The number of carboxylic acids is 1. The summed E-state index contributed by atoms with van der Waals surface area (Å²) in [6, 6.07) is -1.68. The molecule has 0 radical (unpaired) electrons. The molecular weight excluding hydrogens is 570 g/mol. The quantitative estimate of drug-likeness (QED) is 0.0505. The lowest BCUT2D eigenvalue weighted by Crippen LogP contribution is -2.49. The molecule has 0 saturated carbocycles. The Balaban J connectivity index is -0.000000704. The van der Waals surface area contributed by atoms with Gasteiger partial charge in [0.1, 0.15) is 31.6 Å². The number of ether oxygens (including phenoxy) is 4. The molecule has 3 amide bonds. The molecule has 43 heavy (non-hydrogen) atoms. The Morgan fingerprint density at radius 2 is 1.42 bits per heavy atom. The van der Waals surface area contributed by atoms with E-state index in [2.05, 4.69) is 21.3 Å². The van der Waals surface area contributed by atoms with Crippen LogP contribution in [0.5, 0.6) is 0 Å². The third-order valence-electron chi connectivity index (χ3n) is 5.01. The topological polar surface area (TPSA) is 237 Å². The second-order valence-electron chi connectivity index (χ2n) is 8.83. The van der Waals surface area contributed by atoms with E-state index in [1.807, 2.05) is 20.9 Å². The highest BCUT2D eigenvalue weighted by atomic mass is 16.5. The molecule has 0 aliphatic heterocycles. The summed E-state index contributed by atoms with van der Waals surface area (Å²) in [6.07, 6.45) is 1.18. The van der Waals surface area contributed by atoms with Gasteiger partial charge >= 0.3 is 12.1 Å². The number of carboxylic acid groups (broad SMARTS) is 2. The SMILES string of the molecule is CC.CC(C)C(NC(=O)O)C(=O)NCCOCCOCC=O.CNCCOCCOCC(=O)NC(CCCCN)C(=O)O. The molecule has 2 unspecified atom stereocenters. The number of carbonyl (C=O) groups is 5. The van der Waals surface area contributed by atoms with E-state index in [0.717, 1.165) is 13.0 Å². The fourth-order valence-electron chi connectivity index (χ4n) is 2.92. The van der Waals surface area contributed by atoms with Crippen LogP contribution in [0.2, 0.25) is 0 Å². The number of likely N-dealkylation sites (N-methyl/N-ethyl adjacent to an activating group) is 1. The van der Waals surface area contributed by atoms with Gasteiger partial charge in [-0.15, -0.1) is 0 Å². The molecule has 0 aliphatic carbocycles. The average Bonchev–Trinajstić information content (AvgIpc) is 2.97. The van der Waals surface area contributed by atoms with Gasteiger partial charge < -0.3 is 61.0 Å². The number of aldehydes is 1. The largest absolute Gasteiger partial charge is 0.480 e. The Morgan fingerprint density at radius 1 is 0.837 bits per heavy atom. The molecular formula is C27H55N5O11. The van der Waals surface area contributed by atoms with Gasteiger partial charge in [0.15, 0.2) is 0 Å². The molecule has 0 rings (SSSR count). The summed E-state index contributed by atoms with van der Waals surface area (Å²) in [5, 5.41) is 27.8. The molecule has 8 N–H and O–H groups in total. The Labute approximate surface area is 255 Å². The van der Waals surface area contributed by atoms with Crippen molar-refractivity contribution in [3.05, 3.63) is 0 Å². The van der Waals surface area contributed by atoms with E-state index in [9.17, 15) is 24.0 Å². The first-order valence-corrected chi connectivity index (χ1v) is 14.5. The van der Waals surface area contributed by atoms with Crippen molar-refractivity contribution in [2.24, 2.45) is 11.7 Å². The van der Waals surface area contributed by atoms with Crippen LogP contribution in [0.25, 0.3) is 0 Å². The molecule has 16 nitrogen and oxygen atoms in total. The number of hydrogen-bond acceptors (Lipinski definition) is 11. The lowest BCUT2D eigenvalue weighted by atomic mass is 10.0. The van der Waals surface area contributed by atoms with Crippen molar-refractivity contribution in [3.63, 3.8) is 0 Å². The van der Waals surface area contributed by atoms with Gasteiger partial charge in [0, 0.05) is 13.1 Å². The molecule has 0 aromatic rings. The van der Waals surface area contributed by atoms with Gasteiger partial charge in [-0.25, -0.2) is 9.59 Å². The molecule has 16 heteroatoms. The van der Waals surface area contributed by atoms with Crippen LogP contribution in [0.3, 0.4) is 0 Å². The maximum atomic E-state index is 11.7. The highest BCUT2D eigenvalue weighted by Gasteiger charge is 2.23. The highest BCUT2D eigenvalue weighted by molar-refractivity contribution is 5.85. The molecule has 0 spiro atoms. The van der Waals surface area contributed by atoms with Gasteiger partial charge in [0.05, 0.1) is 39.6 Å². The zero-order valence-corrected chi connectivity index (χ0v) is 26.4. The van der Waals surface area contributed by atoms with Gasteiger partial charge in [-0.3, -0.25) is 9.59 Å². The maximum Gasteiger partial charge on any atom is 0.405 e. The standard InChI is InChI=1S/C13H27N3O5.C12H22N2O6.C2H6/c1-15-6-7-20-8-9-21-10-12(17)16-11(13(18)19)4-2-3-5-14;1-9(2)10(14-12(17)18)11(16)13-3-5-19-7-8-20-6-4-15;1-2/h11,15H,2-10,14H2,1H3,(H,16,17)(H,18,19);4,9-10,14H,3,5-8H2,1-2H3,(H,13,16)(H,17,18);1-2H3. The van der Waals surface area contributed by atoms with Crippen molar-refractivity contribution in [1.29, 1.82) is 0 Å². The number of carbonyl (C=O) groups excluding carboxylic acids is 3. The molecule has 0 aliphatic rings. The summed E-state index contributed by atoms with van der Waals surface area (Å²) in [4.78, 5) is 54.8. The number of aliphatic carboxylic acids is 1. The van der Waals surface area contributed by atoms with Crippen LogP contribution in [0, 0.1) is 5.92 Å². The lowest BCUT2D eigenvalue weighted by molar-refractivity contribution is -0.142. The van der Waals surface area contributed by atoms with Crippen molar-refractivity contribution >= 4 is 30.2 Å². The number of nitrogens with one attached hydrogen (secondary N) is 4. The second kappa shape index (κ2) is 33.6. The number of unbranched alkanes of at least 4 members (excludes halogenated alkanes) is 1. The van der Waals surface area contributed by atoms with Crippen molar-refractivity contribution in [2.45, 2.75) is 59.0 Å². The van der Waals surface area contributed by atoms with Crippen molar-refractivity contribution in [2.75, 3.05) is 79.5 Å². The van der Waals surface area contributed by atoms with Crippen LogP contribution in [0.4, 0.5) is 4.79 Å². The predicted octanol–water partition coefficient (Wildman–Crippen LogP) is -0.409. The van der Waals surface area contributed by atoms with Gasteiger partial charge in [0.2, 0.25) is 11.8 Å². The molecule has 2 atom stereocenters. The zero-order valence-electron chi connectivity index (χ0n) is 26.4. The minimum atomic E-state index is -1.23. The minimum absolute atomic E-state index is 0.0387. The van der Waals surface area contributed by atoms with Crippen molar-refractivity contribution in [1.82, 2.24) is 21.3 Å². The minimum Gasteiger partial charge on any atom is -0.480 e. The monoisotopic (exact) mass is 625 g/mol. The number of hydrogen-bond donors (Lipinski definition) is 7. The number of rotatable bonds is 25. The van der Waals surface area contributed by atoms with Crippen LogP contribution in [0.15, 0.2) is 0 Å². The van der Waals surface area contributed by atoms with Crippen LogP contribution in [0.1, 0.15) is 47.0 Å². The van der Waals surface area contributed by atoms with Crippen LogP contribution in [-0.2, 0) is 38.1 Å². The Bertz CT molecular complexity index is 715. The molecule has 254 valence electrons. The molecule has 0 aromatic carbocycles. The molecule has 0 heterocycles. The fourth-order valence-corrected chi connectivity index (χ4v) is 2.92. The highest BCUT2D eigenvalue weighted by Crippen LogP contribution is 2.02. The third-order valence-corrected chi connectivity index (χ3v) is 5.01. The normalized spacial score (nSPS) is 11.6. The summed E-state index contributed by atoms with van der Waals surface area (Å²) in [5.41, 5.74) is 5.35. The Kier molecular flexibility index (Phi) is 34.8. The van der Waals surface area contributed by atoms with E-state index in [4.69, 9.17) is 34.9 Å². The number of amides is 3. The van der Waals surface area contributed by atoms with E-state index in [1.54, 1.807) is 13.8 Å². The van der Waals surface area contributed by atoms with E-state index in [0.29, 0.717) is 58.7 Å². The summed E-state index contributed by atoms with van der Waals surface area (Å²) in [7, 11) is 1.83. The summed E-state index contributed by atoms with van der Waals surface area (Å²) >= 11 is 0. The van der Waals surface area contributed by atoms with Gasteiger partial charge in [-0.1, -0.05) is 27.7 Å². The fraction of sp³-hybridized carbons (Fsp3) is 0.815. The summed E-state index contributed by atoms with van der Waals surface area (Å²) in [5.74, 6) is -2.02. The lowest BCUT2D eigenvalue weighted by Gasteiger charge is -2.19. The van der Waals surface area contributed by atoms with E-state index in [-0.39, 0.29) is 38.2 Å². The van der Waals surface area contributed by atoms with Crippen LogP contribution >= 0.6 is 0 Å². The average molecular weight is 626 g/mol. The Hall–Kier alpha value is -2.89. The predicted molar refractivity (Wildman–Crippen MR) is 160 cm³/mol. The van der Waals surface area contributed by atoms with Crippen molar-refractivity contribution < 1.29 is 53.1 Å². The second-order valence-corrected chi connectivity index (χ2v) is 8.83. The number of nitrogens with two attached hydrogens (primary N) is 1. The summed E-state index contributed by atoms with van der Waals surface area (Å²) < 4.78 is 20.4.